The fraction of sp³-hybridized carbons (Fsp3) is 0.130. The maximum atomic E-state index is 13.9. The van der Waals surface area contributed by atoms with Crippen molar-refractivity contribution in [3.63, 3.8) is 0 Å². The highest BCUT2D eigenvalue weighted by atomic mass is 19.1. The molecular formula is C23H19FN2O2. The smallest absolute Gasteiger partial charge is 0.196 e. The number of nitrogens with one attached hydrogen (secondary N) is 1. The van der Waals surface area contributed by atoms with Crippen molar-refractivity contribution in [1.29, 1.82) is 0 Å². The molecule has 3 aromatic carbocycles. The zero-order valence-corrected chi connectivity index (χ0v) is 15.3. The Labute approximate surface area is 162 Å². The summed E-state index contributed by atoms with van der Waals surface area (Å²) in [4.78, 5) is 0. The summed E-state index contributed by atoms with van der Waals surface area (Å²) in [5.74, 6) is 1.34. The minimum Gasteiger partial charge on any atom is -0.497 e. The van der Waals surface area contributed by atoms with E-state index in [9.17, 15) is 4.39 Å². The van der Waals surface area contributed by atoms with Gasteiger partial charge in [0, 0.05) is 11.1 Å². The second-order valence-electron chi connectivity index (χ2n) is 6.84. The van der Waals surface area contributed by atoms with Gasteiger partial charge in [-0.25, -0.2) is 4.39 Å². The third kappa shape index (κ3) is 2.80. The Morgan fingerprint density at radius 1 is 1.00 bits per heavy atom. The van der Waals surface area contributed by atoms with Crippen LogP contribution in [0.1, 0.15) is 29.0 Å². The number of rotatable bonds is 3. The molecule has 2 heterocycles. The molecule has 0 spiro atoms. The van der Waals surface area contributed by atoms with E-state index in [1.165, 1.54) is 12.1 Å². The Kier molecular flexibility index (Phi) is 4.02. The number of para-hydroxylation sites is 1. The number of nitrogens with zero attached hydrogens (tertiary/aromatic N) is 1. The van der Waals surface area contributed by atoms with Gasteiger partial charge in [-0.15, -0.1) is 0 Å². The number of hydrogen-bond donors (Lipinski definition) is 1. The van der Waals surface area contributed by atoms with Gasteiger partial charge in [0.1, 0.15) is 17.3 Å². The normalized spacial score (nSPS) is 20.4. The van der Waals surface area contributed by atoms with Gasteiger partial charge in [0.15, 0.2) is 6.23 Å². The topological polar surface area (TPSA) is 33.7 Å². The molecule has 0 saturated carbocycles. The minimum atomic E-state index is -0.442. The van der Waals surface area contributed by atoms with Gasteiger partial charge in [0.05, 0.1) is 18.8 Å². The lowest BCUT2D eigenvalue weighted by Gasteiger charge is -2.38. The first-order chi connectivity index (χ1) is 13.7. The highest BCUT2D eigenvalue weighted by molar-refractivity contribution is 5.68. The first-order valence-corrected chi connectivity index (χ1v) is 9.15. The number of hydrogen-bond acceptors (Lipinski definition) is 4. The second kappa shape index (κ2) is 6.69. The SMILES string of the molecule is COc1ccc(C2=C[C@@H]3c4ccccc4O[C@@H](c4cccc(F)c4)N3N2)cc1. The van der Waals surface area contributed by atoms with Gasteiger partial charge in [-0.3, -0.25) is 0 Å². The highest BCUT2D eigenvalue weighted by Gasteiger charge is 2.40. The average molecular weight is 374 g/mol. The summed E-state index contributed by atoms with van der Waals surface area (Å²) in [5, 5.41) is 2.02. The van der Waals surface area contributed by atoms with E-state index >= 15 is 0 Å². The van der Waals surface area contributed by atoms with E-state index in [2.05, 4.69) is 17.6 Å². The number of fused-ring (bicyclic) bond motifs is 3. The van der Waals surface area contributed by atoms with Crippen LogP contribution in [0.2, 0.25) is 0 Å². The van der Waals surface area contributed by atoms with Gasteiger partial charge in [-0.05, 0) is 54.1 Å². The number of benzene rings is 3. The van der Waals surface area contributed by atoms with Gasteiger partial charge in [-0.2, -0.15) is 5.01 Å². The highest BCUT2D eigenvalue weighted by Crippen LogP contribution is 2.45. The monoisotopic (exact) mass is 374 g/mol. The van der Waals surface area contributed by atoms with Gasteiger partial charge in [0.2, 0.25) is 0 Å². The number of halogens is 1. The molecule has 140 valence electrons. The third-order valence-corrected chi connectivity index (χ3v) is 5.14. The Bertz CT molecular complexity index is 1050. The van der Waals surface area contributed by atoms with Crippen molar-refractivity contribution < 1.29 is 13.9 Å². The van der Waals surface area contributed by atoms with Crippen molar-refractivity contribution in [2.75, 3.05) is 7.11 Å². The van der Waals surface area contributed by atoms with E-state index in [0.29, 0.717) is 0 Å². The van der Waals surface area contributed by atoms with E-state index in [-0.39, 0.29) is 11.9 Å². The first-order valence-electron chi connectivity index (χ1n) is 9.15. The van der Waals surface area contributed by atoms with Crippen LogP contribution in [0.25, 0.3) is 5.70 Å². The van der Waals surface area contributed by atoms with E-state index in [0.717, 1.165) is 33.9 Å². The molecule has 0 aliphatic carbocycles. The summed E-state index contributed by atoms with van der Waals surface area (Å²) < 4.78 is 25.4. The molecule has 4 nitrogen and oxygen atoms in total. The fourth-order valence-electron chi connectivity index (χ4n) is 3.76. The molecule has 2 atom stereocenters. The Morgan fingerprint density at radius 3 is 2.61 bits per heavy atom. The van der Waals surface area contributed by atoms with Crippen LogP contribution in [-0.4, -0.2) is 12.1 Å². The number of methoxy groups -OCH3 is 1. The fourth-order valence-corrected chi connectivity index (χ4v) is 3.76. The van der Waals surface area contributed by atoms with Crippen LogP contribution in [0.4, 0.5) is 4.39 Å². The van der Waals surface area contributed by atoms with E-state index in [4.69, 9.17) is 9.47 Å². The molecule has 5 heteroatoms. The molecule has 28 heavy (non-hydrogen) atoms. The van der Waals surface area contributed by atoms with Crippen LogP contribution < -0.4 is 14.9 Å². The van der Waals surface area contributed by atoms with Crippen LogP contribution in [0, 0.1) is 5.82 Å². The lowest BCUT2D eigenvalue weighted by atomic mass is 10.0. The van der Waals surface area contributed by atoms with Crippen molar-refractivity contribution >= 4 is 5.70 Å². The van der Waals surface area contributed by atoms with E-state index < -0.39 is 6.23 Å². The van der Waals surface area contributed by atoms with Crippen molar-refractivity contribution in [2.45, 2.75) is 12.3 Å². The van der Waals surface area contributed by atoms with Gasteiger partial charge in [0.25, 0.3) is 0 Å². The maximum absolute atomic E-state index is 13.9. The van der Waals surface area contributed by atoms with E-state index in [1.807, 2.05) is 53.5 Å². The van der Waals surface area contributed by atoms with Crippen LogP contribution in [0.15, 0.2) is 78.9 Å². The minimum absolute atomic E-state index is 0.0182. The molecule has 0 radical (unpaired) electrons. The second-order valence-corrected chi connectivity index (χ2v) is 6.84. The molecule has 0 fully saturated rings. The molecule has 0 bridgehead atoms. The standard InChI is InChI=1S/C23H19FN2O2/c1-27-18-11-9-15(10-12-18)20-14-21-19-7-2-3-8-22(19)28-23(26(21)25-20)16-5-4-6-17(24)13-16/h2-14,21,23,25H,1H3/t21-,23+/m1/s1. The third-order valence-electron chi connectivity index (χ3n) is 5.14. The molecular weight excluding hydrogens is 355 g/mol. The summed E-state index contributed by atoms with van der Waals surface area (Å²) in [7, 11) is 1.65. The van der Waals surface area contributed by atoms with Gasteiger partial charge in [-0.1, -0.05) is 30.3 Å². The summed E-state index contributed by atoms with van der Waals surface area (Å²) in [6, 6.07) is 22.4. The van der Waals surface area contributed by atoms with Crippen LogP contribution in [0.5, 0.6) is 11.5 Å². The Hall–Kier alpha value is -3.31. The van der Waals surface area contributed by atoms with Crippen LogP contribution >= 0.6 is 0 Å². The number of ether oxygens (including phenoxy) is 2. The molecule has 3 aromatic rings. The molecule has 0 unspecified atom stereocenters. The molecule has 0 aromatic heterocycles. The van der Waals surface area contributed by atoms with Crippen LogP contribution in [-0.2, 0) is 0 Å². The van der Waals surface area contributed by atoms with Crippen molar-refractivity contribution in [1.82, 2.24) is 10.4 Å². The van der Waals surface area contributed by atoms with Crippen molar-refractivity contribution in [2.24, 2.45) is 0 Å². The summed E-state index contributed by atoms with van der Waals surface area (Å²) in [5.41, 5.74) is 7.33. The predicted molar refractivity (Wildman–Crippen MR) is 105 cm³/mol. The molecule has 5 rings (SSSR count). The van der Waals surface area contributed by atoms with E-state index in [1.54, 1.807) is 13.2 Å². The van der Waals surface area contributed by atoms with Gasteiger partial charge >= 0.3 is 0 Å². The summed E-state index contributed by atoms with van der Waals surface area (Å²) in [6.45, 7) is 0. The predicted octanol–water partition coefficient (Wildman–Crippen LogP) is 4.83. The first kappa shape index (κ1) is 16.8. The van der Waals surface area contributed by atoms with Gasteiger partial charge < -0.3 is 14.9 Å². The van der Waals surface area contributed by atoms with Crippen molar-refractivity contribution in [3.05, 3.63) is 101 Å². The summed E-state index contributed by atoms with van der Waals surface area (Å²) >= 11 is 0. The molecule has 2 aliphatic rings. The van der Waals surface area contributed by atoms with Crippen LogP contribution in [0.3, 0.4) is 0 Å². The molecule has 1 N–H and O–H groups in total. The quantitative estimate of drug-likeness (QED) is 0.712. The maximum Gasteiger partial charge on any atom is 0.196 e. The average Bonchev–Trinajstić information content (AvgIpc) is 3.19. The molecule has 2 aliphatic heterocycles. The zero-order valence-electron chi connectivity index (χ0n) is 15.3. The molecule has 0 saturated heterocycles. The summed E-state index contributed by atoms with van der Waals surface area (Å²) in [6.07, 6.45) is 1.73. The Morgan fingerprint density at radius 2 is 1.82 bits per heavy atom. The lowest BCUT2D eigenvalue weighted by molar-refractivity contribution is -0.0328. The lowest BCUT2D eigenvalue weighted by Crippen LogP contribution is -2.43. The molecule has 0 amide bonds. The zero-order chi connectivity index (χ0) is 19.1. The Balaban J connectivity index is 1.56. The number of hydrazine groups is 1. The van der Waals surface area contributed by atoms with Crippen molar-refractivity contribution in [3.8, 4) is 11.5 Å². The largest absolute Gasteiger partial charge is 0.497 e.